The fourth-order valence-electron chi connectivity index (χ4n) is 0.0915. The molecule has 9 heavy (non-hydrogen) atoms. The minimum absolute atomic E-state index is 0. The summed E-state index contributed by atoms with van der Waals surface area (Å²) in [5.41, 5.74) is 0. The molecule has 0 heterocycles. The maximum Gasteiger partial charge on any atom is 0.414 e. The van der Waals surface area contributed by atoms with Gasteiger partial charge in [-0.15, -0.1) is 24.8 Å². The van der Waals surface area contributed by atoms with Crippen LogP contribution in [0.5, 0.6) is 0 Å². The molecule has 0 atom stereocenters. The smallest absolute Gasteiger partial charge is 0.414 e. The standard InChI is InChI=1S/C2H3NO4.2ClH/c4-1(5)3-2(6)7;;/h3H,(H,4,5)(H,6,7);2*1H. The molecule has 0 fully saturated rings. The van der Waals surface area contributed by atoms with Gasteiger partial charge < -0.3 is 10.2 Å². The van der Waals surface area contributed by atoms with Crippen LogP contribution in [0.15, 0.2) is 0 Å². The van der Waals surface area contributed by atoms with Gasteiger partial charge in [0.1, 0.15) is 0 Å². The van der Waals surface area contributed by atoms with Gasteiger partial charge in [-0.25, -0.2) is 14.9 Å². The fourth-order valence-corrected chi connectivity index (χ4v) is 0.0915. The van der Waals surface area contributed by atoms with Gasteiger partial charge in [0.2, 0.25) is 0 Å². The van der Waals surface area contributed by atoms with Crippen LogP contribution < -0.4 is 5.32 Å². The molecule has 0 unspecified atom stereocenters. The van der Waals surface area contributed by atoms with Gasteiger partial charge in [-0.1, -0.05) is 0 Å². The average Bonchev–Trinajstić information content (AvgIpc) is 1.27. The second kappa shape index (κ2) is 7.32. The summed E-state index contributed by atoms with van der Waals surface area (Å²) >= 11 is 0. The summed E-state index contributed by atoms with van der Waals surface area (Å²) < 4.78 is 0. The Labute approximate surface area is 62.9 Å². The second-order valence-corrected chi connectivity index (χ2v) is 0.735. The third-order valence-electron chi connectivity index (χ3n) is 0.214. The van der Waals surface area contributed by atoms with E-state index in [4.69, 9.17) is 10.2 Å². The molecule has 0 aliphatic carbocycles. The van der Waals surface area contributed by atoms with Crippen molar-refractivity contribution in [2.75, 3.05) is 0 Å². The van der Waals surface area contributed by atoms with Crippen LogP contribution in [0.1, 0.15) is 0 Å². The number of nitrogens with one attached hydrogen (secondary N) is 1. The Balaban J connectivity index is -0.000000180. The van der Waals surface area contributed by atoms with E-state index < -0.39 is 12.2 Å². The number of carbonyl (C=O) groups is 2. The number of rotatable bonds is 0. The lowest BCUT2D eigenvalue weighted by molar-refractivity contribution is 0.174. The molecule has 0 aliphatic rings. The zero-order chi connectivity index (χ0) is 5.86. The Bertz CT molecular complexity index is 92.7. The highest BCUT2D eigenvalue weighted by Gasteiger charge is 1.97. The summed E-state index contributed by atoms with van der Waals surface area (Å²) in [5.74, 6) is 0. The number of hydrogen-bond acceptors (Lipinski definition) is 2. The lowest BCUT2D eigenvalue weighted by Gasteiger charge is -1.85. The second-order valence-electron chi connectivity index (χ2n) is 0.735. The van der Waals surface area contributed by atoms with Gasteiger partial charge in [-0.3, -0.25) is 0 Å². The van der Waals surface area contributed by atoms with Crippen molar-refractivity contribution in [3.8, 4) is 0 Å². The van der Waals surface area contributed by atoms with E-state index in [1.165, 1.54) is 0 Å². The molecule has 5 nitrogen and oxygen atoms in total. The molecule has 56 valence electrons. The van der Waals surface area contributed by atoms with Crippen LogP contribution in [0.3, 0.4) is 0 Å². The van der Waals surface area contributed by atoms with Gasteiger partial charge in [-0.05, 0) is 0 Å². The molecular weight excluding hydrogens is 173 g/mol. The van der Waals surface area contributed by atoms with Gasteiger partial charge in [0, 0.05) is 0 Å². The van der Waals surface area contributed by atoms with Crippen LogP contribution in [0, 0.1) is 0 Å². The molecular formula is C2H5Cl2NO4. The van der Waals surface area contributed by atoms with Crippen molar-refractivity contribution in [2.45, 2.75) is 0 Å². The van der Waals surface area contributed by atoms with E-state index in [1.54, 1.807) is 0 Å². The van der Waals surface area contributed by atoms with Gasteiger partial charge in [0.15, 0.2) is 0 Å². The predicted molar refractivity (Wildman–Crippen MR) is 33.7 cm³/mol. The monoisotopic (exact) mass is 177 g/mol. The number of imide groups is 1. The highest BCUT2D eigenvalue weighted by Crippen LogP contribution is 1.59. The first-order chi connectivity index (χ1) is 3.13. The molecule has 3 N–H and O–H groups in total. The summed E-state index contributed by atoms with van der Waals surface area (Å²) in [4.78, 5) is 18.6. The summed E-state index contributed by atoms with van der Waals surface area (Å²) in [6.07, 6.45) is -3.12. The quantitative estimate of drug-likeness (QED) is 0.511. The van der Waals surface area contributed by atoms with E-state index in [0.717, 1.165) is 5.32 Å². The highest BCUT2D eigenvalue weighted by molar-refractivity contribution is 5.85. The number of hydrogen-bond donors (Lipinski definition) is 3. The fraction of sp³-hybridized carbons (Fsp3) is 0. The first kappa shape index (κ1) is 15.8. The van der Waals surface area contributed by atoms with E-state index in [9.17, 15) is 9.59 Å². The first-order valence-corrected chi connectivity index (χ1v) is 1.36. The van der Waals surface area contributed by atoms with E-state index >= 15 is 0 Å². The van der Waals surface area contributed by atoms with Gasteiger partial charge in [0.25, 0.3) is 0 Å². The lowest BCUT2D eigenvalue weighted by Crippen LogP contribution is -2.26. The highest BCUT2D eigenvalue weighted by atomic mass is 35.5. The Morgan fingerprint density at radius 2 is 1.22 bits per heavy atom. The molecule has 2 amide bonds. The van der Waals surface area contributed by atoms with Crippen LogP contribution in [0.2, 0.25) is 0 Å². The molecule has 0 spiro atoms. The molecule has 0 radical (unpaired) electrons. The van der Waals surface area contributed by atoms with Crippen molar-refractivity contribution in [3.63, 3.8) is 0 Å². The zero-order valence-corrected chi connectivity index (χ0v) is 5.66. The molecule has 0 aliphatic heterocycles. The number of halogens is 2. The van der Waals surface area contributed by atoms with Crippen molar-refractivity contribution in [1.82, 2.24) is 5.32 Å². The molecule has 0 aromatic carbocycles. The van der Waals surface area contributed by atoms with Crippen molar-refractivity contribution in [2.24, 2.45) is 0 Å². The van der Waals surface area contributed by atoms with E-state index in [0.29, 0.717) is 0 Å². The van der Waals surface area contributed by atoms with Crippen LogP contribution in [0.25, 0.3) is 0 Å². The zero-order valence-electron chi connectivity index (χ0n) is 4.03. The van der Waals surface area contributed by atoms with Crippen molar-refractivity contribution in [1.29, 1.82) is 0 Å². The van der Waals surface area contributed by atoms with Gasteiger partial charge in [0.05, 0.1) is 0 Å². The normalized spacial score (nSPS) is 5.78. The van der Waals surface area contributed by atoms with E-state index in [2.05, 4.69) is 0 Å². The molecule has 0 rings (SSSR count). The Morgan fingerprint density at radius 1 is 1.00 bits per heavy atom. The SMILES string of the molecule is Cl.Cl.O=C(O)NC(=O)O. The van der Waals surface area contributed by atoms with Crippen molar-refractivity contribution < 1.29 is 19.8 Å². The number of amides is 2. The summed E-state index contributed by atoms with van der Waals surface area (Å²) in [6.45, 7) is 0. The third kappa shape index (κ3) is 18.8. The molecule has 7 heteroatoms. The van der Waals surface area contributed by atoms with Crippen LogP contribution >= 0.6 is 24.8 Å². The van der Waals surface area contributed by atoms with E-state index in [1.807, 2.05) is 0 Å². The lowest BCUT2D eigenvalue weighted by atomic mass is 11.0. The Hall–Kier alpha value is -0.680. The Morgan fingerprint density at radius 3 is 1.22 bits per heavy atom. The van der Waals surface area contributed by atoms with Gasteiger partial charge in [-0.2, -0.15) is 0 Å². The topological polar surface area (TPSA) is 86.6 Å². The maximum atomic E-state index is 9.32. The minimum atomic E-state index is -1.56. The summed E-state index contributed by atoms with van der Waals surface area (Å²) in [5, 5.41) is 16.3. The summed E-state index contributed by atoms with van der Waals surface area (Å²) in [7, 11) is 0. The van der Waals surface area contributed by atoms with Crippen LogP contribution in [-0.2, 0) is 0 Å². The average molecular weight is 178 g/mol. The molecule has 0 bridgehead atoms. The van der Waals surface area contributed by atoms with Gasteiger partial charge >= 0.3 is 12.2 Å². The number of carboxylic acid groups (broad SMARTS) is 2. The molecule has 0 aromatic rings. The predicted octanol–water partition coefficient (Wildman–Crippen LogP) is 0.776. The largest absolute Gasteiger partial charge is 0.465 e. The molecule has 0 saturated carbocycles. The Kier molecular flexibility index (Phi) is 12.8. The van der Waals surface area contributed by atoms with Crippen molar-refractivity contribution >= 4 is 37.0 Å². The van der Waals surface area contributed by atoms with Crippen LogP contribution in [0.4, 0.5) is 9.59 Å². The molecule has 0 aromatic heterocycles. The molecule has 0 saturated heterocycles. The first-order valence-electron chi connectivity index (χ1n) is 1.36. The van der Waals surface area contributed by atoms with E-state index in [-0.39, 0.29) is 24.8 Å². The third-order valence-corrected chi connectivity index (χ3v) is 0.214. The van der Waals surface area contributed by atoms with Crippen LogP contribution in [-0.4, -0.2) is 22.4 Å². The summed E-state index contributed by atoms with van der Waals surface area (Å²) in [6, 6.07) is 0. The minimum Gasteiger partial charge on any atom is -0.465 e. The maximum absolute atomic E-state index is 9.32. The van der Waals surface area contributed by atoms with Crippen molar-refractivity contribution in [3.05, 3.63) is 0 Å².